The third-order valence-electron chi connectivity index (χ3n) is 5.97. The lowest BCUT2D eigenvalue weighted by Gasteiger charge is -2.40. The standard InChI is InChI=1S/C25H33NO2S/c1-4-5-6-8-13-23-19-26(29(27,28)24-16-14-20(2)15-17-24)18-21(3)25(23)22-11-9-7-10-12-22/h7,9-12,14-17,23,25H,3-6,8,13,18-19H2,1-2H3/t23-,25+/m1/s1. The van der Waals surface area contributed by atoms with Gasteiger partial charge in [0.1, 0.15) is 0 Å². The van der Waals surface area contributed by atoms with Gasteiger partial charge in [-0.2, -0.15) is 4.31 Å². The molecule has 3 nitrogen and oxygen atoms in total. The van der Waals surface area contributed by atoms with Gasteiger partial charge in [-0.25, -0.2) is 8.42 Å². The molecule has 2 aromatic carbocycles. The van der Waals surface area contributed by atoms with E-state index in [0.29, 0.717) is 18.0 Å². The van der Waals surface area contributed by atoms with Gasteiger partial charge in [-0.1, -0.05) is 92.8 Å². The molecule has 2 atom stereocenters. The van der Waals surface area contributed by atoms with Gasteiger partial charge in [0.2, 0.25) is 10.0 Å². The highest BCUT2D eigenvalue weighted by molar-refractivity contribution is 7.89. The topological polar surface area (TPSA) is 37.4 Å². The maximum absolute atomic E-state index is 13.3. The Hall–Kier alpha value is -1.91. The number of hydrogen-bond donors (Lipinski definition) is 0. The Morgan fingerprint density at radius 3 is 2.34 bits per heavy atom. The Labute approximate surface area is 176 Å². The molecule has 0 unspecified atom stereocenters. The van der Waals surface area contributed by atoms with Crippen LogP contribution in [0.5, 0.6) is 0 Å². The van der Waals surface area contributed by atoms with Crippen molar-refractivity contribution < 1.29 is 8.42 Å². The van der Waals surface area contributed by atoms with Crippen molar-refractivity contribution in [1.82, 2.24) is 4.31 Å². The molecule has 1 fully saturated rings. The van der Waals surface area contributed by atoms with E-state index in [1.165, 1.54) is 24.8 Å². The normalized spacial score (nSPS) is 20.7. The SMILES string of the molecule is C=C1CN(S(=O)(=O)c2ccc(C)cc2)C[C@@H](CCCCCC)[C@@H]1c1ccccc1. The smallest absolute Gasteiger partial charge is 0.207 e. The molecule has 29 heavy (non-hydrogen) atoms. The molecule has 0 aromatic heterocycles. The van der Waals surface area contributed by atoms with E-state index in [1.54, 1.807) is 16.4 Å². The summed E-state index contributed by atoms with van der Waals surface area (Å²) >= 11 is 0. The van der Waals surface area contributed by atoms with Crippen LogP contribution in [0.25, 0.3) is 0 Å². The highest BCUT2D eigenvalue weighted by Crippen LogP contribution is 2.40. The third-order valence-corrected chi connectivity index (χ3v) is 7.80. The summed E-state index contributed by atoms with van der Waals surface area (Å²) in [6.07, 6.45) is 5.79. The van der Waals surface area contributed by atoms with Gasteiger partial charge in [0.25, 0.3) is 0 Å². The lowest BCUT2D eigenvalue weighted by Crippen LogP contribution is -2.44. The second kappa shape index (κ2) is 9.73. The molecule has 1 heterocycles. The molecular formula is C25H33NO2S. The van der Waals surface area contributed by atoms with Crippen LogP contribution in [0.1, 0.15) is 56.1 Å². The van der Waals surface area contributed by atoms with E-state index in [4.69, 9.17) is 0 Å². The molecule has 1 aliphatic heterocycles. The van der Waals surface area contributed by atoms with Crippen molar-refractivity contribution in [2.75, 3.05) is 13.1 Å². The number of piperidine rings is 1. The minimum Gasteiger partial charge on any atom is -0.207 e. The fourth-order valence-corrected chi connectivity index (χ4v) is 5.89. The van der Waals surface area contributed by atoms with Crippen LogP contribution < -0.4 is 0 Å². The van der Waals surface area contributed by atoms with Crippen LogP contribution in [0.3, 0.4) is 0 Å². The largest absolute Gasteiger partial charge is 0.243 e. The summed E-state index contributed by atoms with van der Waals surface area (Å²) < 4.78 is 28.2. The first-order valence-corrected chi connectivity index (χ1v) is 12.2. The summed E-state index contributed by atoms with van der Waals surface area (Å²) in [4.78, 5) is 0.374. The fourth-order valence-electron chi connectivity index (χ4n) is 4.39. The molecule has 2 aromatic rings. The first-order chi connectivity index (χ1) is 13.9. The van der Waals surface area contributed by atoms with E-state index in [-0.39, 0.29) is 11.8 Å². The molecule has 0 saturated carbocycles. The van der Waals surface area contributed by atoms with Crippen molar-refractivity contribution >= 4 is 10.0 Å². The summed E-state index contributed by atoms with van der Waals surface area (Å²) in [5, 5.41) is 0. The zero-order chi connectivity index (χ0) is 20.9. The second-order valence-electron chi connectivity index (χ2n) is 8.27. The van der Waals surface area contributed by atoms with Crippen LogP contribution in [0.15, 0.2) is 71.6 Å². The Morgan fingerprint density at radius 1 is 1.00 bits per heavy atom. The lowest BCUT2D eigenvalue weighted by atomic mass is 9.76. The molecule has 0 spiro atoms. The Balaban J connectivity index is 1.85. The first kappa shape index (κ1) is 21.8. The van der Waals surface area contributed by atoms with Gasteiger partial charge in [-0.15, -0.1) is 0 Å². The van der Waals surface area contributed by atoms with Gasteiger partial charge in [-0.3, -0.25) is 0 Å². The van der Waals surface area contributed by atoms with Crippen LogP contribution in [0.2, 0.25) is 0 Å². The van der Waals surface area contributed by atoms with Crippen LogP contribution in [-0.4, -0.2) is 25.8 Å². The van der Waals surface area contributed by atoms with Crippen molar-refractivity contribution in [3.05, 3.63) is 77.9 Å². The van der Waals surface area contributed by atoms with E-state index in [0.717, 1.165) is 24.0 Å². The molecular weight excluding hydrogens is 378 g/mol. The van der Waals surface area contributed by atoms with Crippen molar-refractivity contribution in [3.63, 3.8) is 0 Å². The monoisotopic (exact) mass is 411 g/mol. The average Bonchev–Trinajstić information content (AvgIpc) is 2.72. The number of aryl methyl sites for hydroxylation is 1. The summed E-state index contributed by atoms with van der Waals surface area (Å²) in [6, 6.07) is 17.6. The molecule has 156 valence electrons. The van der Waals surface area contributed by atoms with Crippen molar-refractivity contribution in [2.45, 2.75) is 56.8 Å². The molecule has 0 bridgehead atoms. The van der Waals surface area contributed by atoms with Crippen molar-refractivity contribution in [3.8, 4) is 0 Å². The molecule has 1 saturated heterocycles. The predicted octanol–water partition coefficient (Wildman–Crippen LogP) is 5.93. The molecule has 3 rings (SSSR count). The summed E-state index contributed by atoms with van der Waals surface area (Å²) in [6.45, 7) is 9.46. The van der Waals surface area contributed by atoms with Crippen LogP contribution in [0.4, 0.5) is 0 Å². The highest BCUT2D eigenvalue weighted by atomic mass is 32.2. The third kappa shape index (κ3) is 5.18. The average molecular weight is 412 g/mol. The lowest BCUT2D eigenvalue weighted by molar-refractivity contribution is 0.268. The Morgan fingerprint density at radius 2 is 1.69 bits per heavy atom. The van der Waals surface area contributed by atoms with Gasteiger partial charge in [0, 0.05) is 19.0 Å². The van der Waals surface area contributed by atoms with Gasteiger partial charge in [0.05, 0.1) is 4.90 Å². The minimum absolute atomic E-state index is 0.224. The molecule has 1 aliphatic rings. The summed E-state index contributed by atoms with van der Waals surface area (Å²) in [5.41, 5.74) is 3.31. The van der Waals surface area contributed by atoms with Crippen LogP contribution in [-0.2, 0) is 10.0 Å². The fraction of sp³-hybridized carbons (Fsp3) is 0.440. The first-order valence-electron chi connectivity index (χ1n) is 10.7. The predicted molar refractivity (Wildman–Crippen MR) is 121 cm³/mol. The van der Waals surface area contributed by atoms with Crippen LogP contribution >= 0.6 is 0 Å². The summed E-state index contributed by atoms with van der Waals surface area (Å²) in [5.74, 6) is 0.484. The number of unbranched alkanes of at least 4 members (excludes halogenated alkanes) is 3. The molecule has 0 aliphatic carbocycles. The minimum atomic E-state index is -3.51. The summed E-state index contributed by atoms with van der Waals surface area (Å²) in [7, 11) is -3.51. The maximum atomic E-state index is 13.3. The van der Waals surface area contributed by atoms with Gasteiger partial charge in [0.15, 0.2) is 0 Å². The number of rotatable bonds is 8. The zero-order valence-corrected chi connectivity index (χ0v) is 18.5. The molecule has 0 N–H and O–H groups in total. The number of benzene rings is 2. The van der Waals surface area contributed by atoms with E-state index in [9.17, 15) is 8.42 Å². The quantitative estimate of drug-likeness (QED) is 0.399. The van der Waals surface area contributed by atoms with Crippen molar-refractivity contribution in [1.29, 1.82) is 0 Å². The van der Waals surface area contributed by atoms with Gasteiger partial charge >= 0.3 is 0 Å². The second-order valence-corrected chi connectivity index (χ2v) is 10.2. The van der Waals surface area contributed by atoms with E-state index in [2.05, 4.69) is 37.8 Å². The van der Waals surface area contributed by atoms with Crippen LogP contribution in [0, 0.1) is 12.8 Å². The Bertz CT molecular complexity index is 904. The number of nitrogens with zero attached hydrogens (tertiary/aromatic N) is 1. The highest BCUT2D eigenvalue weighted by Gasteiger charge is 2.37. The zero-order valence-electron chi connectivity index (χ0n) is 17.7. The van der Waals surface area contributed by atoms with E-state index < -0.39 is 10.0 Å². The molecule has 0 amide bonds. The van der Waals surface area contributed by atoms with Gasteiger partial charge in [-0.05, 0) is 37.0 Å². The van der Waals surface area contributed by atoms with Gasteiger partial charge < -0.3 is 0 Å². The van der Waals surface area contributed by atoms with E-state index in [1.807, 2.05) is 25.1 Å². The molecule has 0 radical (unpaired) electrons. The number of hydrogen-bond acceptors (Lipinski definition) is 2. The molecule has 4 heteroatoms. The van der Waals surface area contributed by atoms with E-state index >= 15 is 0 Å². The van der Waals surface area contributed by atoms with Crippen molar-refractivity contribution in [2.24, 2.45) is 5.92 Å². The maximum Gasteiger partial charge on any atom is 0.243 e. The number of sulfonamides is 1. The Kier molecular flexibility index (Phi) is 7.31.